The van der Waals surface area contributed by atoms with E-state index >= 15 is 0 Å². The lowest BCUT2D eigenvalue weighted by atomic mass is 9.85. The zero-order valence-corrected chi connectivity index (χ0v) is 18.0. The number of likely N-dealkylation sites (tertiary alicyclic amines) is 1. The number of aromatic nitrogens is 3. The number of amides is 1. The summed E-state index contributed by atoms with van der Waals surface area (Å²) in [6, 6.07) is 0. The van der Waals surface area contributed by atoms with Crippen molar-refractivity contribution in [1.29, 1.82) is 0 Å². The second kappa shape index (κ2) is 8.02. The molecule has 1 aliphatic carbocycles. The first-order valence-corrected chi connectivity index (χ1v) is 10.8. The lowest BCUT2D eigenvalue weighted by Gasteiger charge is -2.35. The smallest absolute Gasteiger partial charge is 0.282 e. The number of hydrogen-bond donors (Lipinski definition) is 3. The number of piperidine rings is 1. The molecular formula is C20H26N7O2S+. The summed E-state index contributed by atoms with van der Waals surface area (Å²) in [4.78, 5) is 28.7. The second-order valence-corrected chi connectivity index (χ2v) is 8.72. The molecule has 30 heavy (non-hydrogen) atoms. The fourth-order valence-corrected chi connectivity index (χ4v) is 4.81. The number of nitrogens with zero attached hydrogens (tertiary/aromatic N) is 4. The van der Waals surface area contributed by atoms with Crippen LogP contribution in [0.3, 0.4) is 0 Å². The monoisotopic (exact) mass is 428 g/mol. The van der Waals surface area contributed by atoms with E-state index in [4.69, 9.17) is 15.9 Å². The van der Waals surface area contributed by atoms with E-state index in [0.29, 0.717) is 39.0 Å². The molecule has 2 aromatic rings. The molecule has 1 amide bonds. The van der Waals surface area contributed by atoms with Crippen molar-refractivity contribution in [2.24, 2.45) is 5.73 Å². The maximum Gasteiger partial charge on any atom is 0.282 e. The van der Waals surface area contributed by atoms with Crippen LogP contribution in [0.25, 0.3) is 10.3 Å². The number of anilines is 1. The zero-order valence-electron chi connectivity index (χ0n) is 17.1. The van der Waals surface area contributed by atoms with Crippen molar-refractivity contribution in [3.8, 4) is 0 Å². The highest BCUT2D eigenvalue weighted by Crippen LogP contribution is 2.35. The molecule has 1 unspecified atom stereocenters. The van der Waals surface area contributed by atoms with Gasteiger partial charge in [-0.15, -0.1) is 0 Å². The maximum atomic E-state index is 12.9. The van der Waals surface area contributed by atoms with Crippen molar-refractivity contribution in [2.75, 3.05) is 25.5 Å². The molecule has 1 fully saturated rings. The average molecular weight is 429 g/mol. The van der Waals surface area contributed by atoms with Crippen LogP contribution in [0.15, 0.2) is 29.4 Å². The minimum Gasteiger partial charge on any atom is -0.499 e. The number of fused-ring (bicyclic) bond motifs is 1. The fourth-order valence-electron chi connectivity index (χ4n) is 3.94. The average Bonchev–Trinajstić information content (AvgIpc) is 3.20. The highest BCUT2D eigenvalue weighted by Gasteiger charge is 2.37. The number of nitrogens with one attached hydrogen (secondary N) is 1. The van der Waals surface area contributed by atoms with Gasteiger partial charge in [0, 0.05) is 36.9 Å². The van der Waals surface area contributed by atoms with Gasteiger partial charge in [0.25, 0.3) is 5.91 Å². The van der Waals surface area contributed by atoms with E-state index < -0.39 is 5.54 Å². The first-order chi connectivity index (χ1) is 14.4. The lowest BCUT2D eigenvalue weighted by Crippen LogP contribution is -2.43. The molecule has 5 N–H and O–H groups in total. The Bertz CT molecular complexity index is 1050. The Kier molecular flexibility index (Phi) is 5.42. The van der Waals surface area contributed by atoms with Gasteiger partial charge >= 0.3 is 0 Å². The van der Waals surface area contributed by atoms with Gasteiger partial charge in [-0.3, -0.25) is 10.2 Å². The minimum absolute atomic E-state index is 0.0410. The van der Waals surface area contributed by atoms with Crippen molar-refractivity contribution < 1.29 is 14.9 Å². The Balaban J connectivity index is 1.66. The predicted octanol–water partition coefficient (Wildman–Crippen LogP) is 0.860. The normalized spacial score (nSPS) is 22.1. The highest BCUT2D eigenvalue weighted by atomic mass is 32.1. The SMILES string of the molecule is COC1=CC(N)=C(C=[NH2+])CC1(C)Nc1ncnc2sc(C(=O)N3CCCCC3)nc12. The summed E-state index contributed by atoms with van der Waals surface area (Å²) < 4.78 is 5.58. The summed E-state index contributed by atoms with van der Waals surface area (Å²) in [5.74, 6) is 1.16. The van der Waals surface area contributed by atoms with Crippen molar-refractivity contribution in [3.63, 3.8) is 0 Å². The zero-order chi connectivity index (χ0) is 21.3. The molecule has 3 heterocycles. The van der Waals surface area contributed by atoms with E-state index in [0.717, 1.165) is 37.9 Å². The van der Waals surface area contributed by atoms with Crippen LogP contribution in [0.4, 0.5) is 5.82 Å². The summed E-state index contributed by atoms with van der Waals surface area (Å²) in [6.45, 7) is 3.54. The number of ether oxygens (including phenoxy) is 1. The van der Waals surface area contributed by atoms with Crippen LogP contribution in [-0.2, 0) is 4.74 Å². The van der Waals surface area contributed by atoms with Gasteiger partial charge in [0.05, 0.1) is 12.6 Å². The molecule has 0 aromatic carbocycles. The number of methoxy groups -OCH3 is 1. The first-order valence-electron chi connectivity index (χ1n) is 9.94. The molecule has 9 nitrogen and oxygen atoms in total. The summed E-state index contributed by atoms with van der Waals surface area (Å²) in [7, 11) is 1.60. The molecule has 158 valence electrons. The van der Waals surface area contributed by atoms with Gasteiger partial charge in [0.2, 0.25) is 0 Å². The number of carbonyl (C=O) groups is 1. The van der Waals surface area contributed by atoms with Gasteiger partial charge in [-0.2, -0.15) is 0 Å². The largest absolute Gasteiger partial charge is 0.499 e. The van der Waals surface area contributed by atoms with Gasteiger partial charge in [0.1, 0.15) is 22.4 Å². The second-order valence-electron chi connectivity index (χ2n) is 7.74. The molecule has 1 saturated heterocycles. The van der Waals surface area contributed by atoms with Crippen LogP contribution in [0.2, 0.25) is 0 Å². The molecule has 0 bridgehead atoms. The molecule has 0 radical (unpaired) electrons. The third-order valence-electron chi connectivity index (χ3n) is 5.58. The quantitative estimate of drug-likeness (QED) is 0.602. The Labute approximate surface area is 178 Å². The maximum absolute atomic E-state index is 12.9. The van der Waals surface area contributed by atoms with Crippen molar-refractivity contribution >= 4 is 39.6 Å². The summed E-state index contributed by atoms with van der Waals surface area (Å²) >= 11 is 1.29. The molecule has 10 heteroatoms. The standard InChI is InChI=1S/C20H25N7O2S/c1-20(9-12(10-21)13(22)8-14(20)29-2)26-16-15-17(24-11-23-16)30-18(25-15)19(28)27-6-4-3-5-7-27/h8,10-11,21H,3-7,9,22H2,1-2H3,(H,23,24,26)/p+1. The van der Waals surface area contributed by atoms with Crippen molar-refractivity contribution in [3.05, 3.63) is 34.4 Å². The van der Waals surface area contributed by atoms with E-state index in [1.807, 2.05) is 11.8 Å². The van der Waals surface area contributed by atoms with Gasteiger partial charge in [-0.25, -0.2) is 15.0 Å². The fraction of sp³-hybridized carbons (Fsp3) is 0.450. The molecule has 2 aromatic heterocycles. The van der Waals surface area contributed by atoms with E-state index in [9.17, 15) is 4.79 Å². The van der Waals surface area contributed by atoms with Crippen LogP contribution >= 0.6 is 11.3 Å². The number of nitrogens with two attached hydrogens (primary N) is 2. The van der Waals surface area contributed by atoms with Crippen LogP contribution < -0.4 is 16.5 Å². The lowest BCUT2D eigenvalue weighted by molar-refractivity contribution is -0.105. The third kappa shape index (κ3) is 3.62. The molecule has 0 saturated carbocycles. The van der Waals surface area contributed by atoms with E-state index in [-0.39, 0.29) is 5.91 Å². The number of thiazole rings is 1. The van der Waals surface area contributed by atoms with Crippen LogP contribution in [0, 0.1) is 0 Å². The Morgan fingerprint density at radius 1 is 1.37 bits per heavy atom. The van der Waals surface area contributed by atoms with Crippen LogP contribution in [0.1, 0.15) is 42.4 Å². The number of rotatable bonds is 5. The van der Waals surface area contributed by atoms with Crippen LogP contribution in [-0.4, -0.2) is 57.7 Å². The molecule has 1 aliphatic heterocycles. The predicted molar refractivity (Wildman–Crippen MR) is 116 cm³/mol. The van der Waals surface area contributed by atoms with E-state index in [1.54, 1.807) is 13.2 Å². The molecule has 0 spiro atoms. The van der Waals surface area contributed by atoms with Gasteiger partial charge < -0.3 is 20.7 Å². The molecule has 2 aliphatic rings. The van der Waals surface area contributed by atoms with E-state index in [2.05, 4.69) is 20.3 Å². The van der Waals surface area contributed by atoms with Crippen LogP contribution in [0.5, 0.6) is 0 Å². The summed E-state index contributed by atoms with van der Waals surface area (Å²) in [5.41, 5.74) is 7.40. The number of carbonyl (C=O) groups excluding carboxylic acids is 1. The number of hydrogen-bond acceptors (Lipinski definition) is 8. The molecule has 4 rings (SSSR count). The highest BCUT2D eigenvalue weighted by molar-refractivity contribution is 7.19. The Hall–Kier alpha value is -3.01. The number of allylic oxidation sites excluding steroid dienone is 1. The molecule has 1 atom stereocenters. The first kappa shape index (κ1) is 20.3. The van der Waals surface area contributed by atoms with Gasteiger partial charge in [-0.05, 0) is 26.2 Å². The topological polar surface area (TPSA) is 132 Å². The summed E-state index contributed by atoms with van der Waals surface area (Å²) in [5, 5.41) is 9.62. The van der Waals surface area contributed by atoms with Crippen molar-refractivity contribution in [1.82, 2.24) is 19.9 Å². The molecular weight excluding hydrogens is 402 g/mol. The third-order valence-corrected chi connectivity index (χ3v) is 6.53. The summed E-state index contributed by atoms with van der Waals surface area (Å²) in [6.07, 6.45) is 8.49. The Morgan fingerprint density at radius 3 is 2.83 bits per heavy atom. The minimum atomic E-state index is -0.634. The van der Waals surface area contributed by atoms with Gasteiger partial charge in [0.15, 0.2) is 17.0 Å². The van der Waals surface area contributed by atoms with Crippen molar-refractivity contribution in [2.45, 2.75) is 38.1 Å². The van der Waals surface area contributed by atoms with E-state index in [1.165, 1.54) is 23.9 Å². The van der Waals surface area contributed by atoms with Gasteiger partial charge in [-0.1, -0.05) is 11.3 Å². The Morgan fingerprint density at radius 2 is 2.13 bits per heavy atom.